The molecule has 0 saturated carbocycles. The number of guanidine groups is 1. The summed E-state index contributed by atoms with van der Waals surface area (Å²) in [5, 5.41) is 3.61. The van der Waals surface area contributed by atoms with Gasteiger partial charge in [-0.15, -0.1) is 0 Å². The van der Waals surface area contributed by atoms with E-state index in [9.17, 15) is 0 Å². The summed E-state index contributed by atoms with van der Waals surface area (Å²) in [6.07, 6.45) is 2.35. The number of nitrogens with zero attached hydrogens (tertiary/aromatic N) is 2. The first kappa shape index (κ1) is 17.1. The molecule has 0 aromatic heterocycles. The summed E-state index contributed by atoms with van der Waals surface area (Å²) in [7, 11) is 1.88. The topological polar surface area (TPSA) is 36.9 Å². The van der Waals surface area contributed by atoms with Crippen molar-refractivity contribution in [2.45, 2.75) is 25.5 Å². The summed E-state index contributed by atoms with van der Waals surface area (Å²) in [5.41, 5.74) is 4.15. The molecule has 0 aliphatic carbocycles. The highest BCUT2D eigenvalue weighted by molar-refractivity contribution is 5.80. The van der Waals surface area contributed by atoms with Crippen LogP contribution in [0.15, 0.2) is 59.6 Å². The molecule has 2 aliphatic heterocycles. The van der Waals surface area contributed by atoms with E-state index < -0.39 is 0 Å². The van der Waals surface area contributed by atoms with Crippen LogP contribution in [0.25, 0.3) is 0 Å². The number of rotatable bonds is 3. The van der Waals surface area contributed by atoms with Gasteiger partial charge in [0.05, 0.1) is 6.10 Å². The van der Waals surface area contributed by atoms with Crippen LogP contribution in [-0.2, 0) is 17.7 Å². The first-order chi connectivity index (χ1) is 12.8. The van der Waals surface area contributed by atoms with E-state index in [2.05, 4.69) is 69.8 Å². The van der Waals surface area contributed by atoms with Crippen molar-refractivity contribution in [2.24, 2.45) is 10.9 Å². The van der Waals surface area contributed by atoms with Gasteiger partial charge in [-0.1, -0.05) is 54.6 Å². The lowest BCUT2D eigenvalue weighted by Crippen LogP contribution is -2.45. The molecule has 0 bridgehead atoms. The highest BCUT2D eigenvalue weighted by atomic mass is 16.5. The fourth-order valence-electron chi connectivity index (χ4n) is 4.09. The highest BCUT2D eigenvalue weighted by Gasteiger charge is 2.30. The van der Waals surface area contributed by atoms with Crippen molar-refractivity contribution in [1.29, 1.82) is 0 Å². The normalized spacial score (nSPS) is 23.0. The van der Waals surface area contributed by atoms with Crippen LogP contribution in [0.5, 0.6) is 0 Å². The molecular formula is C22H27N3O. The van der Waals surface area contributed by atoms with Gasteiger partial charge in [0.2, 0.25) is 0 Å². The Labute approximate surface area is 155 Å². The molecule has 4 heteroatoms. The second-order valence-electron chi connectivity index (χ2n) is 7.12. The van der Waals surface area contributed by atoms with E-state index in [1.165, 1.54) is 16.7 Å². The predicted octanol–water partition coefficient (Wildman–Crippen LogP) is 3.40. The van der Waals surface area contributed by atoms with Crippen LogP contribution in [0.1, 0.15) is 29.2 Å². The molecule has 2 aromatic carbocycles. The molecule has 136 valence electrons. The van der Waals surface area contributed by atoms with Crippen molar-refractivity contribution < 1.29 is 4.74 Å². The fourth-order valence-corrected chi connectivity index (χ4v) is 4.09. The Morgan fingerprint density at radius 1 is 1.12 bits per heavy atom. The molecule has 26 heavy (non-hydrogen) atoms. The number of fused-ring (bicyclic) bond motifs is 1. The van der Waals surface area contributed by atoms with E-state index in [4.69, 9.17) is 4.74 Å². The minimum atomic E-state index is 0.184. The molecule has 4 rings (SSSR count). The first-order valence-corrected chi connectivity index (χ1v) is 9.54. The Hall–Kier alpha value is -2.33. The van der Waals surface area contributed by atoms with Crippen molar-refractivity contribution in [3.63, 3.8) is 0 Å². The van der Waals surface area contributed by atoms with E-state index >= 15 is 0 Å². The number of benzene rings is 2. The maximum absolute atomic E-state index is 6.02. The number of nitrogens with one attached hydrogen (secondary N) is 1. The van der Waals surface area contributed by atoms with Gasteiger partial charge >= 0.3 is 0 Å². The van der Waals surface area contributed by atoms with E-state index in [0.29, 0.717) is 5.92 Å². The van der Waals surface area contributed by atoms with Crippen LogP contribution in [0.2, 0.25) is 0 Å². The average Bonchev–Trinajstić information content (AvgIpc) is 3.17. The molecule has 2 aliphatic rings. The van der Waals surface area contributed by atoms with Gasteiger partial charge in [-0.2, -0.15) is 0 Å². The van der Waals surface area contributed by atoms with Crippen LogP contribution in [-0.4, -0.2) is 37.6 Å². The number of hydrogen-bond acceptors (Lipinski definition) is 2. The third-order valence-corrected chi connectivity index (χ3v) is 5.51. The molecule has 1 N–H and O–H groups in total. The summed E-state index contributed by atoms with van der Waals surface area (Å²) in [4.78, 5) is 6.89. The molecular weight excluding hydrogens is 322 g/mol. The number of ether oxygens (including phenoxy) is 1. The molecule has 0 amide bonds. The molecule has 1 saturated heterocycles. The Kier molecular flexibility index (Phi) is 5.21. The number of hydrogen-bond donors (Lipinski definition) is 1. The maximum Gasteiger partial charge on any atom is 0.193 e. The van der Waals surface area contributed by atoms with Crippen LogP contribution < -0.4 is 5.32 Å². The lowest BCUT2D eigenvalue weighted by atomic mass is 9.95. The largest absolute Gasteiger partial charge is 0.373 e. The summed E-state index contributed by atoms with van der Waals surface area (Å²) < 4.78 is 6.02. The SMILES string of the molecule is CN=C(NCC1CCOC1c1ccccc1)N1CCc2ccccc2C1. The Morgan fingerprint density at radius 3 is 2.69 bits per heavy atom. The maximum atomic E-state index is 6.02. The van der Waals surface area contributed by atoms with Gasteiger partial charge in [-0.25, -0.2) is 0 Å². The van der Waals surface area contributed by atoms with Gasteiger partial charge in [-0.3, -0.25) is 4.99 Å². The van der Waals surface area contributed by atoms with Crippen molar-refractivity contribution in [3.8, 4) is 0 Å². The molecule has 4 nitrogen and oxygen atoms in total. The summed E-state index contributed by atoms with van der Waals surface area (Å²) in [6, 6.07) is 19.3. The van der Waals surface area contributed by atoms with Crippen LogP contribution in [0, 0.1) is 5.92 Å². The molecule has 2 heterocycles. The van der Waals surface area contributed by atoms with Crippen molar-refractivity contribution in [1.82, 2.24) is 10.2 Å². The summed E-state index contributed by atoms with van der Waals surface area (Å²) in [5.74, 6) is 1.48. The van der Waals surface area contributed by atoms with E-state index in [0.717, 1.165) is 45.0 Å². The number of aliphatic imine (C=N–C) groups is 1. The van der Waals surface area contributed by atoms with Gasteiger partial charge in [0.15, 0.2) is 5.96 Å². The van der Waals surface area contributed by atoms with Crippen LogP contribution >= 0.6 is 0 Å². The van der Waals surface area contributed by atoms with E-state index in [1.54, 1.807) is 0 Å². The van der Waals surface area contributed by atoms with Crippen molar-refractivity contribution in [2.75, 3.05) is 26.7 Å². The molecule has 1 fully saturated rings. The summed E-state index contributed by atoms with van der Waals surface area (Å²) in [6.45, 7) is 3.67. The lowest BCUT2D eigenvalue weighted by molar-refractivity contribution is 0.0913. The zero-order valence-electron chi connectivity index (χ0n) is 15.4. The predicted molar refractivity (Wildman–Crippen MR) is 105 cm³/mol. The van der Waals surface area contributed by atoms with Gasteiger partial charge in [0, 0.05) is 39.2 Å². The first-order valence-electron chi connectivity index (χ1n) is 9.54. The molecule has 2 unspecified atom stereocenters. The van der Waals surface area contributed by atoms with Crippen molar-refractivity contribution in [3.05, 3.63) is 71.3 Å². The quantitative estimate of drug-likeness (QED) is 0.682. The van der Waals surface area contributed by atoms with Crippen LogP contribution in [0.4, 0.5) is 0 Å². The molecule has 2 aromatic rings. The Balaban J connectivity index is 1.39. The molecule has 2 atom stereocenters. The third-order valence-electron chi connectivity index (χ3n) is 5.51. The van der Waals surface area contributed by atoms with Gasteiger partial charge in [0.25, 0.3) is 0 Å². The van der Waals surface area contributed by atoms with Crippen molar-refractivity contribution >= 4 is 5.96 Å². The minimum Gasteiger partial charge on any atom is -0.373 e. The standard InChI is InChI=1S/C22H27N3O/c1-23-22(25-13-11-17-7-5-6-10-20(17)16-25)24-15-19-12-14-26-21(19)18-8-3-2-4-9-18/h2-10,19,21H,11-16H2,1H3,(H,23,24). The zero-order valence-corrected chi connectivity index (χ0v) is 15.4. The highest BCUT2D eigenvalue weighted by Crippen LogP contribution is 2.34. The third kappa shape index (κ3) is 3.61. The second kappa shape index (κ2) is 7.92. The van der Waals surface area contributed by atoms with Crippen LogP contribution in [0.3, 0.4) is 0 Å². The van der Waals surface area contributed by atoms with Gasteiger partial charge in [0.1, 0.15) is 0 Å². The Morgan fingerprint density at radius 2 is 1.88 bits per heavy atom. The molecule has 0 radical (unpaired) electrons. The summed E-state index contributed by atoms with van der Waals surface area (Å²) >= 11 is 0. The fraction of sp³-hybridized carbons (Fsp3) is 0.409. The molecule has 0 spiro atoms. The lowest BCUT2D eigenvalue weighted by Gasteiger charge is -2.32. The van der Waals surface area contributed by atoms with Gasteiger partial charge < -0.3 is 15.0 Å². The smallest absolute Gasteiger partial charge is 0.193 e. The van der Waals surface area contributed by atoms with E-state index in [1.807, 2.05) is 7.05 Å². The average molecular weight is 349 g/mol. The second-order valence-corrected chi connectivity index (χ2v) is 7.12. The zero-order chi connectivity index (χ0) is 17.8. The Bertz CT molecular complexity index is 759. The van der Waals surface area contributed by atoms with E-state index in [-0.39, 0.29) is 6.10 Å². The monoisotopic (exact) mass is 349 g/mol. The minimum absolute atomic E-state index is 0.184. The van der Waals surface area contributed by atoms with Gasteiger partial charge in [-0.05, 0) is 29.5 Å².